The van der Waals surface area contributed by atoms with Crippen LogP contribution >= 0.6 is 11.6 Å². The fourth-order valence-electron chi connectivity index (χ4n) is 2.81. The van der Waals surface area contributed by atoms with Crippen molar-refractivity contribution in [2.24, 2.45) is 5.92 Å². The Morgan fingerprint density at radius 2 is 1.85 bits per heavy atom. The SMILES string of the molecule is C[C@H](NS(=O)(=O)c1ccc(CCCl)cc1)C1CCCC1. The van der Waals surface area contributed by atoms with E-state index in [9.17, 15) is 8.42 Å². The van der Waals surface area contributed by atoms with Crippen LogP contribution in [0.4, 0.5) is 0 Å². The molecule has 0 heterocycles. The van der Waals surface area contributed by atoms with Gasteiger partial charge in [-0.15, -0.1) is 11.6 Å². The van der Waals surface area contributed by atoms with E-state index in [0.29, 0.717) is 16.7 Å². The maximum atomic E-state index is 12.3. The third-order valence-corrected chi connectivity index (χ3v) is 5.83. The van der Waals surface area contributed by atoms with Gasteiger partial charge in [0.15, 0.2) is 0 Å². The zero-order valence-electron chi connectivity index (χ0n) is 11.8. The number of aryl methyl sites for hydroxylation is 1. The molecule has 2 rings (SSSR count). The summed E-state index contributed by atoms with van der Waals surface area (Å²) in [5.41, 5.74) is 1.06. The molecule has 0 bridgehead atoms. The summed E-state index contributed by atoms with van der Waals surface area (Å²) in [6.07, 6.45) is 5.43. The Hall–Kier alpha value is -0.580. The number of rotatable bonds is 6. The van der Waals surface area contributed by atoms with Crippen molar-refractivity contribution in [3.63, 3.8) is 0 Å². The second-order valence-corrected chi connectivity index (χ2v) is 7.63. The average Bonchev–Trinajstić information content (AvgIpc) is 2.93. The number of benzene rings is 1. The Labute approximate surface area is 126 Å². The topological polar surface area (TPSA) is 46.2 Å². The van der Waals surface area contributed by atoms with Gasteiger partial charge >= 0.3 is 0 Å². The van der Waals surface area contributed by atoms with Crippen LogP contribution in [0.15, 0.2) is 29.2 Å². The molecule has 20 heavy (non-hydrogen) atoms. The van der Waals surface area contributed by atoms with E-state index in [-0.39, 0.29) is 6.04 Å². The highest BCUT2D eigenvalue weighted by atomic mass is 35.5. The van der Waals surface area contributed by atoms with Crippen LogP contribution in [0.25, 0.3) is 0 Å². The van der Waals surface area contributed by atoms with Gasteiger partial charge in [0.25, 0.3) is 0 Å². The van der Waals surface area contributed by atoms with Crippen molar-refractivity contribution in [1.82, 2.24) is 4.72 Å². The first-order chi connectivity index (χ1) is 9.53. The van der Waals surface area contributed by atoms with Crippen LogP contribution in [-0.4, -0.2) is 20.3 Å². The molecule has 1 saturated carbocycles. The predicted octanol–water partition coefficient (Wildman–Crippen LogP) is 3.32. The van der Waals surface area contributed by atoms with Crippen LogP contribution in [-0.2, 0) is 16.4 Å². The van der Waals surface area contributed by atoms with Crippen LogP contribution in [0.5, 0.6) is 0 Å². The fourth-order valence-corrected chi connectivity index (χ4v) is 4.34. The van der Waals surface area contributed by atoms with Gasteiger partial charge in [0.05, 0.1) is 4.90 Å². The summed E-state index contributed by atoms with van der Waals surface area (Å²) in [5, 5.41) is 0. The Morgan fingerprint density at radius 3 is 2.40 bits per heavy atom. The molecule has 0 radical (unpaired) electrons. The van der Waals surface area contributed by atoms with E-state index in [0.717, 1.165) is 24.8 Å². The minimum absolute atomic E-state index is 0.00465. The lowest BCUT2D eigenvalue weighted by molar-refractivity contribution is 0.424. The van der Waals surface area contributed by atoms with Crippen molar-refractivity contribution >= 4 is 21.6 Å². The smallest absolute Gasteiger partial charge is 0.208 e. The molecule has 1 fully saturated rings. The van der Waals surface area contributed by atoms with Crippen molar-refractivity contribution in [2.45, 2.75) is 50.0 Å². The van der Waals surface area contributed by atoms with E-state index in [2.05, 4.69) is 4.72 Å². The molecule has 1 atom stereocenters. The van der Waals surface area contributed by atoms with Crippen molar-refractivity contribution in [3.8, 4) is 0 Å². The van der Waals surface area contributed by atoms with Gasteiger partial charge in [-0.05, 0) is 49.8 Å². The highest BCUT2D eigenvalue weighted by molar-refractivity contribution is 7.89. The van der Waals surface area contributed by atoms with E-state index in [1.807, 2.05) is 19.1 Å². The van der Waals surface area contributed by atoms with Gasteiger partial charge in [-0.3, -0.25) is 0 Å². The summed E-state index contributed by atoms with van der Waals surface area (Å²) < 4.78 is 27.5. The maximum Gasteiger partial charge on any atom is 0.240 e. The van der Waals surface area contributed by atoms with E-state index < -0.39 is 10.0 Å². The van der Waals surface area contributed by atoms with E-state index >= 15 is 0 Å². The highest BCUT2D eigenvalue weighted by Crippen LogP contribution is 2.28. The van der Waals surface area contributed by atoms with Crippen molar-refractivity contribution < 1.29 is 8.42 Å². The van der Waals surface area contributed by atoms with E-state index in [1.165, 1.54) is 12.8 Å². The Morgan fingerprint density at radius 1 is 1.25 bits per heavy atom. The third-order valence-electron chi connectivity index (χ3n) is 4.06. The number of alkyl halides is 1. The molecule has 1 aliphatic rings. The highest BCUT2D eigenvalue weighted by Gasteiger charge is 2.25. The summed E-state index contributed by atoms with van der Waals surface area (Å²) in [7, 11) is -3.41. The van der Waals surface area contributed by atoms with Gasteiger partial charge in [0.1, 0.15) is 0 Å². The zero-order chi connectivity index (χ0) is 14.6. The molecule has 0 spiro atoms. The van der Waals surface area contributed by atoms with Crippen LogP contribution in [0.1, 0.15) is 38.2 Å². The molecule has 1 N–H and O–H groups in total. The summed E-state index contributed by atoms with van der Waals surface area (Å²) >= 11 is 5.68. The van der Waals surface area contributed by atoms with Gasteiger partial charge in [0.2, 0.25) is 10.0 Å². The molecule has 112 valence electrons. The van der Waals surface area contributed by atoms with Crippen molar-refractivity contribution in [1.29, 1.82) is 0 Å². The minimum Gasteiger partial charge on any atom is -0.208 e. The first-order valence-corrected chi connectivity index (χ1v) is 9.22. The van der Waals surface area contributed by atoms with Gasteiger partial charge < -0.3 is 0 Å². The molecule has 3 nitrogen and oxygen atoms in total. The quantitative estimate of drug-likeness (QED) is 0.818. The number of nitrogens with one attached hydrogen (secondary N) is 1. The van der Waals surface area contributed by atoms with Gasteiger partial charge in [0, 0.05) is 11.9 Å². The third kappa shape index (κ3) is 3.96. The van der Waals surface area contributed by atoms with Gasteiger partial charge in [-0.1, -0.05) is 25.0 Å². The summed E-state index contributed by atoms with van der Waals surface area (Å²) in [5.74, 6) is 1.02. The first kappa shape index (κ1) is 15.8. The summed E-state index contributed by atoms with van der Waals surface area (Å²) in [4.78, 5) is 0.334. The molecule has 5 heteroatoms. The Balaban J connectivity index is 2.05. The van der Waals surface area contributed by atoms with Crippen molar-refractivity contribution in [3.05, 3.63) is 29.8 Å². The predicted molar refractivity (Wildman–Crippen MR) is 82.6 cm³/mol. The van der Waals surface area contributed by atoms with Crippen LogP contribution in [0.3, 0.4) is 0 Å². The Bertz CT molecular complexity index is 521. The summed E-state index contributed by atoms with van der Waals surface area (Å²) in [6, 6.07) is 6.98. The number of hydrogen-bond acceptors (Lipinski definition) is 2. The van der Waals surface area contributed by atoms with Crippen LogP contribution in [0, 0.1) is 5.92 Å². The molecule has 1 aromatic rings. The van der Waals surface area contributed by atoms with Gasteiger partial charge in [-0.2, -0.15) is 0 Å². The largest absolute Gasteiger partial charge is 0.240 e. The lowest BCUT2D eigenvalue weighted by Crippen LogP contribution is -2.37. The standard InChI is InChI=1S/C15H22ClNO2S/c1-12(14-4-2-3-5-14)17-20(18,19)15-8-6-13(7-9-15)10-11-16/h6-9,12,14,17H,2-5,10-11H2,1H3/t12-/m0/s1. The number of halogens is 1. The number of sulfonamides is 1. The molecule has 1 aliphatic carbocycles. The first-order valence-electron chi connectivity index (χ1n) is 7.20. The fraction of sp³-hybridized carbons (Fsp3) is 0.600. The lowest BCUT2D eigenvalue weighted by Gasteiger charge is -2.20. The molecule has 0 aromatic heterocycles. The monoisotopic (exact) mass is 315 g/mol. The molecule has 0 amide bonds. The zero-order valence-corrected chi connectivity index (χ0v) is 13.4. The normalized spacial score (nSPS) is 18.3. The second-order valence-electron chi connectivity index (χ2n) is 5.54. The molecular weight excluding hydrogens is 294 g/mol. The maximum absolute atomic E-state index is 12.3. The number of hydrogen-bond donors (Lipinski definition) is 1. The van der Waals surface area contributed by atoms with Crippen LogP contribution in [0.2, 0.25) is 0 Å². The van der Waals surface area contributed by atoms with E-state index in [4.69, 9.17) is 11.6 Å². The molecular formula is C15H22ClNO2S. The molecule has 0 unspecified atom stereocenters. The minimum atomic E-state index is -3.41. The van der Waals surface area contributed by atoms with Crippen LogP contribution < -0.4 is 4.72 Å². The lowest BCUT2D eigenvalue weighted by atomic mass is 10.0. The molecule has 0 aliphatic heterocycles. The second kappa shape index (κ2) is 6.92. The van der Waals surface area contributed by atoms with Gasteiger partial charge in [-0.25, -0.2) is 13.1 Å². The molecule has 1 aromatic carbocycles. The Kier molecular flexibility index (Phi) is 5.47. The summed E-state index contributed by atoms with van der Waals surface area (Å²) in [6.45, 7) is 1.97. The van der Waals surface area contributed by atoms with E-state index in [1.54, 1.807) is 12.1 Å². The molecule has 0 saturated heterocycles. The average molecular weight is 316 g/mol. The van der Waals surface area contributed by atoms with Crippen molar-refractivity contribution in [2.75, 3.05) is 5.88 Å².